The number of benzene rings is 1. The maximum Gasteiger partial charge on any atom is 0.340 e. The highest BCUT2D eigenvalue weighted by atomic mass is 16.1. The Bertz CT molecular complexity index is 993. The van der Waals surface area contributed by atoms with Crippen molar-refractivity contribution in [1.82, 2.24) is 24.7 Å². The van der Waals surface area contributed by atoms with Crippen LogP contribution in [0.25, 0.3) is 11.4 Å². The van der Waals surface area contributed by atoms with Crippen molar-refractivity contribution in [3.63, 3.8) is 0 Å². The fourth-order valence-electron chi connectivity index (χ4n) is 3.44. The van der Waals surface area contributed by atoms with Crippen LogP contribution in [0.15, 0.2) is 23.3 Å². The van der Waals surface area contributed by atoms with Crippen LogP contribution in [0.3, 0.4) is 0 Å². The van der Waals surface area contributed by atoms with Crippen molar-refractivity contribution in [2.45, 2.75) is 40.7 Å². The Morgan fingerprint density at radius 2 is 2.00 bits per heavy atom. The molecule has 3 aromatic rings. The highest BCUT2D eigenvalue weighted by Gasteiger charge is 2.18. The van der Waals surface area contributed by atoms with Gasteiger partial charge in [-0.1, -0.05) is 6.07 Å². The first-order valence-electron chi connectivity index (χ1n) is 8.15. The van der Waals surface area contributed by atoms with E-state index in [2.05, 4.69) is 20.2 Å². The van der Waals surface area contributed by atoms with Crippen molar-refractivity contribution in [2.75, 3.05) is 0 Å². The minimum absolute atomic E-state index is 0.0588. The number of aryl methyl sites for hydroxylation is 4. The van der Waals surface area contributed by atoms with Crippen LogP contribution in [-0.4, -0.2) is 30.5 Å². The molecule has 0 atom stereocenters. The van der Waals surface area contributed by atoms with Gasteiger partial charge in [0, 0.05) is 36.5 Å². The zero-order valence-corrected chi connectivity index (χ0v) is 14.8. The van der Waals surface area contributed by atoms with Crippen molar-refractivity contribution in [3.05, 3.63) is 57.0 Å². The molecule has 0 bridgehead atoms. The van der Waals surface area contributed by atoms with Crippen LogP contribution in [0.1, 0.15) is 39.8 Å². The third-order valence-corrected chi connectivity index (χ3v) is 4.40. The molecule has 25 heavy (non-hydrogen) atoms. The number of hydrogen-bond donors (Lipinski definition) is 2. The lowest BCUT2D eigenvalue weighted by Gasteiger charge is -2.16. The number of aromatic nitrogens is 5. The van der Waals surface area contributed by atoms with Crippen molar-refractivity contribution in [2.24, 2.45) is 0 Å². The third-order valence-electron chi connectivity index (χ3n) is 4.40. The van der Waals surface area contributed by atoms with Gasteiger partial charge in [0.15, 0.2) is 5.78 Å². The summed E-state index contributed by atoms with van der Waals surface area (Å²) in [5.74, 6) is 1.48. The van der Waals surface area contributed by atoms with Crippen LogP contribution in [0.4, 0.5) is 0 Å². The minimum Gasteiger partial charge on any atom is -0.331 e. The number of imidazole rings is 1. The molecule has 2 heterocycles. The van der Waals surface area contributed by atoms with Gasteiger partial charge >= 0.3 is 5.69 Å². The van der Waals surface area contributed by atoms with E-state index in [1.54, 1.807) is 13.1 Å². The van der Waals surface area contributed by atoms with E-state index in [0.29, 0.717) is 18.8 Å². The van der Waals surface area contributed by atoms with Crippen molar-refractivity contribution >= 4 is 5.78 Å². The first kappa shape index (κ1) is 16.9. The number of nitrogens with one attached hydrogen (secondary N) is 2. The van der Waals surface area contributed by atoms with Gasteiger partial charge in [-0.2, -0.15) is 5.10 Å². The van der Waals surface area contributed by atoms with E-state index in [0.717, 1.165) is 33.6 Å². The maximum atomic E-state index is 12.0. The Labute approximate surface area is 145 Å². The largest absolute Gasteiger partial charge is 0.340 e. The van der Waals surface area contributed by atoms with Gasteiger partial charge in [-0.05, 0) is 44.4 Å². The Morgan fingerprint density at radius 1 is 1.24 bits per heavy atom. The van der Waals surface area contributed by atoms with Crippen molar-refractivity contribution in [3.8, 4) is 11.4 Å². The normalized spacial score (nSPS) is 11.0. The van der Waals surface area contributed by atoms with Gasteiger partial charge in [0.25, 0.3) is 0 Å². The summed E-state index contributed by atoms with van der Waals surface area (Å²) in [6, 6.07) is 2.03. The van der Waals surface area contributed by atoms with E-state index in [1.165, 1.54) is 0 Å². The number of rotatable bonds is 5. The lowest BCUT2D eigenvalue weighted by Crippen LogP contribution is -2.09. The minimum atomic E-state index is -0.308. The van der Waals surface area contributed by atoms with Gasteiger partial charge in [-0.3, -0.25) is 9.78 Å². The summed E-state index contributed by atoms with van der Waals surface area (Å²) in [5.41, 5.74) is 4.45. The molecule has 0 aliphatic carbocycles. The molecular formula is C18H21N5O2. The van der Waals surface area contributed by atoms with E-state index in [1.807, 2.05) is 37.6 Å². The highest BCUT2D eigenvalue weighted by Crippen LogP contribution is 2.31. The van der Waals surface area contributed by atoms with Gasteiger partial charge in [0.05, 0.1) is 0 Å². The number of aromatic amines is 2. The first-order chi connectivity index (χ1) is 11.9. The summed E-state index contributed by atoms with van der Waals surface area (Å²) >= 11 is 0. The van der Waals surface area contributed by atoms with Gasteiger partial charge in [-0.15, -0.1) is 0 Å². The molecule has 7 heteroatoms. The van der Waals surface area contributed by atoms with Crippen LogP contribution in [-0.2, 0) is 13.0 Å². The molecule has 1 aromatic carbocycles. The van der Waals surface area contributed by atoms with Crippen molar-refractivity contribution in [1.29, 1.82) is 0 Å². The van der Waals surface area contributed by atoms with Crippen LogP contribution in [0, 0.1) is 20.8 Å². The average Bonchev–Trinajstić information content (AvgIpc) is 3.13. The predicted octanol–water partition coefficient (Wildman–Crippen LogP) is 2.33. The monoisotopic (exact) mass is 339 g/mol. The van der Waals surface area contributed by atoms with Gasteiger partial charge in [0.2, 0.25) is 0 Å². The molecule has 0 aliphatic heterocycles. The number of carbonyl (C=O) groups excluding carboxylic acids is 1. The highest BCUT2D eigenvalue weighted by molar-refractivity contribution is 5.99. The molecule has 0 unspecified atom stereocenters. The number of Topliss-reactive ketones (excluding diaryl/α,β-unsaturated/α-hetero) is 1. The number of ketones is 1. The number of nitrogens with zero attached hydrogens (tertiary/aromatic N) is 3. The zero-order chi connectivity index (χ0) is 18.1. The Hall–Kier alpha value is -2.96. The summed E-state index contributed by atoms with van der Waals surface area (Å²) in [6.07, 6.45) is 4.21. The SMILES string of the molecule is CC(=O)c1c(C)cc(C)c(-c2nccn2CCc2n[nH]c(=O)[nH]2)c1C. The lowest BCUT2D eigenvalue weighted by molar-refractivity contribution is 0.101. The first-order valence-corrected chi connectivity index (χ1v) is 8.15. The van der Waals surface area contributed by atoms with E-state index in [-0.39, 0.29) is 11.5 Å². The summed E-state index contributed by atoms with van der Waals surface area (Å²) < 4.78 is 2.02. The van der Waals surface area contributed by atoms with Crippen LogP contribution < -0.4 is 5.69 Å². The molecule has 7 nitrogen and oxygen atoms in total. The summed E-state index contributed by atoms with van der Waals surface area (Å²) in [5, 5.41) is 6.30. The smallest absolute Gasteiger partial charge is 0.331 e. The summed E-state index contributed by atoms with van der Waals surface area (Å²) in [4.78, 5) is 30.3. The predicted molar refractivity (Wildman–Crippen MR) is 94.8 cm³/mol. The molecule has 130 valence electrons. The third kappa shape index (κ3) is 3.17. The summed E-state index contributed by atoms with van der Waals surface area (Å²) in [6.45, 7) is 8.17. The Kier molecular flexibility index (Phi) is 4.39. The van der Waals surface area contributed by atoms with E-state index in [4.69, 9.17) is 0 Å². The maximum absolute atomic E-state index is 12.0. The Balaban J connectivity index is 2.01. The average molecular weight is 339 g/mol. The van der Waals surface area contributed by atoms with Crippen LogP contribution >= 0.6 is 0 Å². The van der Waals surface area contributed by atoms with Crippen molar-refractivity contribution < 1.29 is 4.79 Å². The second-order valence-corrected chi connectivity index (χ2v) is 6.26. The molecule has 0 saturated heterocycles. The van der Waals surface area contributed by atoms with E-state index in [9.17, 15) is 9.59 Å². The number of hydrogen-bond acceptors (Lipinski definition) is 4. The molecule has 2 N–H and O–H groups in total. The quantitative estimate of drug-likeness (QED) is 0.697. The fourth-order valence-corrected chi connectivity index (χ4v) is 3.44. The molecule has 0 fully saturated rings. The van der Waals surface area contributed by atoms with Gasteiger partial charge in [0.1, 0.15) is 11.6 Å². The number of H-pyrrole nitrogens is 2. The molecule has 0 spiro atoms. The molecule has 0 aliphatic rings. The Morgan fingerprint density at radius 3 is 2.64 bits per heavy atom. The number of carbonyl (C=O) groups is 1. The zero-order valence-electron chi connectivity index (χ0n) is 14.8. The molecule has 3 rings (SSSR count). The summed E-state index contributed by atoms with van der Waals surface area (Å²) in [7, 11) is 0. The van der Waals surface area contributed by atoms with Gasteiger partial charge in [-0.25, -0.2) is 14.9 Å². The van der Waals surface area contributed by atoms with E-state index < -0.39 is 0 Å². The van der Waals surface area contributed by atoms with E-state index >= 15 is 0 Å². The molecular weight excluding hydrogens is 318 g/mol. The molecule has 0 radical (unpaired) electrons. The molecule has 2 aromatic heterocycles. The topological polar surface area (TPSA) is 96.4 Å². The lowest BCUT2D eigenvalue weighted by atomic mass is 9.91. The molecule has 0 amide bonds. The van der Waals surface area contributed by atoms with Crippen LogP contribution in [0.2, 0.25) is 0 Å². The standard InChI is InChI=1S/C18H21N5O2/c1-10-9-11(2)16(12(3)15(10)13(4)24)17-19-6-8-23(17)7-5-14-20-18(25)22-21-14/h6,8-9H,5,7H2,1-4H3,(H2,20,21,22,25). The van der Waals surface area contributed by atoms with Gasteiger partial charge < -0.3 is 4.57 Å². The second-order valence-electron chi connectivity index (χ2n) is 6.26. The second kappa shape index (κ2) is 6.51. The fraction of sp³-hybridized carbons (Fsp3) is 0.333. The molecule has 0 saturated carbocycles. The van der Waals surface area contributed by atoms with Crippen LogP contribution in [0.5, 0.6) is 0 Å².